The average Bonchev–Trinajstić information content (AvgIpc) is 2.41. The number of carbonyl (C=O) groups excluding carboxylic acids is 2. The summed E-state index contributed by atoms with van der Waals surface area (Å²) in [6.45, 7) is 1.73. The number of rotatable bonds is 7. The predicted molar refractivity (Wildman–Crippen MR) is 71.1 cm³/mol. The van der Waals surface area contributed by atoms with Gasteiger partial charge in [0.2, 0.25) is 5.91 Å². The van der Waals surface area contributed by atoms with Crippen molar-refractivity contribution in [2.75, 3.05) is 13.2 Å². The minimum absolute atomic E-state index is 0.0274. The topological polar surface area (TPSA) is 98.5 Å². The van der Waals surface area contributed by atoms with Crippen LogP contribution < -0.4 is 5.32 Å². The van der Waals surface area contributed by atoms with Gasteiger partial charge in [0.1, 0.15) is 6.61 Å². The van der Waals surface area contributed by atoms with Gasteiger partial charge in [0, 0.05) is 25.5 Å². The SMILES string of the molecule is CC(=O)OCCNC(=O)CCc1ccc([N+](=O)[O-])cc1. The Morgan fingerprint density at radius 1 is 1.30 bits per heavy atom. The van der Waals surface area contributed by atoms with Gasteiger partial charge in [-0.3, -0.25) is 19.7 Å². The number of carbonyl (C=O) groups is 2. The molecule has 0 heterocycles. The first kappa shape index (κ1) is 15.6. The number of nitro groups is 1. The van der Waals surface area contributed by atoms with Crippen LogP contribution in [0.3, 0.4) is 0 Å². The van der Waals surface area contributed by atoms with E-state index in [1.54, 1.807) is 12.1 Å². The molecule has 0 fully saturated rings. The van der Waals surface area contributed by atoms with E-state index in [2.05, 4.69) is 10.1 Å². The molecule has 0 spiro atoms. The Morgan fingerprint density at radius 3 is 2.50 bits per heavy atom. The van der Waals surface area contributed by atoms with Crippen LogP contribution in [0.1, 0.15) is 18.9 Å². The summed E-state index contributed by atoms with van der Waals surface area (Å²) in [6.07, 6.45) is 0.773. The lowest BCUT2D eigenvalue weighted by Gasteiger charge is -2.05. The van der Waals surface area contributed by atoms with Crippen molar-refractivity contribution in [2.45, 2.75) is 19.8 Å². The van der Waals surface area contributed by atoms with Crippen LogP contribution in [0.25, 0.3) is 0 Å². The molecular weight excluding hydrogens is 264 g/mol. The average molecular weight is 280 g/mol. The Labute approximate surface area is 116 Å². The Kier molecular flexibility index (Phi) is 6.15. The largest absolute Gasteiger partial charge is 0.464 e. The molecule has 20 heavy (non-hydrogen) atoms. The lowest BCUT2D eigenvalue weighted by atomic mass is 10.1. The second kappa shape index (κ2) is 7.88. The van der Waals surface area contributed by atoms with Crippen LogP contribution in [0.15, 0.2) is 24.3 Å². The van der Waals surface area contributed by atoms with Gasteiger partial charge in [0.25, 0.3) is 5.69 Å². The highest BCUT2D eigenvalue weighted by Crippen LogP contribution is 2.12. The van der Waals surface area contributed by atoms with Crippen LogP contribution in [0.2, 0.25) is 0 Å². The smallest absolute Gasteiger partial charge is 0.302 e. The van der Waals surface area contributed by atoms with Gasteiger partial charge in [0.15, 0.2) is 0 Å². The first-order chi connectivity index (χ1) is 9.49. The molecule has 0 aliphatic rings. The number of nitro benzene ring substituents is 1. The van der Waals surface area contributed by atoms with E-state index in [1.165, 1.54) is 19.1 Å². The Morgan fingerprint density at radius 2 is 1.95 bits per heavy atom. The third kappa shape index (κ3) is 5.94. The van der Waals surface area contributed by atoms with Crippen molar-refractivity contribution in [3.8, 4) is 0 Å². The minimum atomic E-state index is -0.467. The maximum absolute atomic E-state index is 11.5. The lowest BCUT2D eigenvalue weighted by molar-refractivity contribution is -0.384. The lowest BCUT2D eigenvalue weighted by Crippen LogP contribution is -2.27. The number of aryl methyl sites for hydroxylation is 1. The summed E-state index contributed by atoms with van der Waals surface area (Å²) in [4.78, 5) is 32.0. The van der Waals surface area contributed by atoms with Crippen LogP contribution in [0.5, 0.6) is 0 Å². The van der Waals surface area contributed by atoms with Crippen molar-refractivity contribution in [3.05, 3.63) is 39.9 Å². The number of nitrogens with one attached hydrogen (secondary N) is 1. The number of non-ortho nitro benzene ring substituents is 1. The van der Waals surface area contributed by atoms with Gasteiger partial charge in [-0.15, -0.1) is 0 Å². The van der Waals surface area contributed by atoms with Gasteiger partial charge in [0.05, 0.1) is 11.5 Å². The molecule has 0 saturated carbocycles. The molecule has 0 unspecified atom stereocenters. The fraction of sp³-hybridized carbons (Fsp3) is 0.385. The zero-order valence-corrected chi connectivity index (χ0v) is 11.1. The summed E-state index contributed by atoms with van der Waals surface area (Å²) < 4.78 is 4.67. The van der Waals surface area contributed by atoms with Crippen LogP contribution in [-0.2, 0) is 20.7 Å². The van der Waals surface area contributed by atoms with Gasteiger partial charge in [-0.1, -0.05) is 12.1 Å². The van der Waals surface area contributed by atoms with Gasteiger partial charge >= 0.3 is 5.97 Å². The second-order valence-electron chi connectivity index (χ2n) is 4.11. The molecule has 0 aromatic heterocycles. The minimum Gasteiger partial charge on any atom is -0.464 e. The van der Waals surface area contributed by atoms with Crippen LogP contribution >= 0.6 is 0 Å². The third-order valence-corrected chi connectivity index (χ3v) is 2.52. The van der Waals surface area contributed by atoms with Crippen molar-refractivity contribution in [3.63, 3.8) is 0 Å². The zero-order valence-electron chi connectivity index (χ0n) is 11.1. The molecule has 1 amide bonds. The molecule has 7 nitrogen and oxygen atoms in total. The monoisotopic (exact) mass is 280 g/mol. The van der Waals surface area contributed by atoms with E-state index in [-0.39, 0.29) is 37.1 Å². The Balaban J connectivity index is 2.26. The Hall–Kier alpha value is -2.44. The van der Waals surface area contributed by atoms with Crippen LogP contribution in [0.4, 0.5) is 5.69 Å². The molecule has 1 aromatic rings. The highest BCUT2D eigenvalue weighted by molar-refractivity contribution is 5.76. The first-order valence-corrected chi connectivity index (χ1v) is 6.12. The summed E-state index contributed by atoms with van der Waals surface area (Å²) >= 11 is 0. The van der Waals surface area contributed by atoms with E-state index in [9.17, 15) is 19.7 Å². The highest BCUT2D eigenvalue weighted by Gasteiger charge is 2.06. The van der Waals surface area contributed by atoms with Gasteiger partial charge in [-0.05, 0) is 12.0 Å². The third-order valence-electron chi connectivity index (χ3n) is 2.52. The maximum atomic E-state index is 11.5. The molecule has 7 heteroatoms. The molecule has 1 N–H and O–H groups in total. The molecule has 0 saturated heterocycles. The number of benzene rings is 1. The van der Waals surface area contributed by atoms with E-state index < -0.39 is 4.92 Å². The number of ether oxygens (including phenoxy) is 1. The van der Waals surface area contributed by atoms with E-state index >= 15 is 0 Å². The normalized spacial score (nSPS) is 9.85. The van der Waals surface area contributed by atoms with E-state index in [0.29, 0.717) is 6.42 Å². The summed E-state index contributed by atoms with van der Waals surface area (Å²) in [5.74, 6) is -0.541. The standard InChI is InChI=1S/C13H16N2O5/c1-10(16)20-9-8-14-13(17)7-4-11-2-5-12(6-3-11)15(18)19/h2-3,5-6H,4,7-9H2,1H3,(H,14,17). The van der Waals surface area contributed by atoms with Gasteiger partial charge < -0.3 is 10.1 Å². The quantitative estimate of drug-likeness (QED) is 0.350. The molecule has 0 atom stereocenters. The fourth-order valence-corrected chi connectivity index (χ4v) is 1.52. The van der Waals surface area contributed by atoms with Gasteiger partial charge in [-0.2, -0.15) is 0 Å². The summed E-state index contributed by atoms with van der Waals surface area (Å²) in [5.41, 5.74) is 0.880. The number of amides is 1. The van der Waals surface area contributed by atoms with E-state index in [4.69, 9.17) is 0 Å². The van der Waals surface area contributed by atoms with Crippen molar-refractivity contribution < 1.29 is 19.2 Å². The molecule has 1 aromatic carbocycles. The molecule has 1 rings (SSSR count). The molecule has 0 aliphatic heterocycles. The van der Waals surface area contributed by atoms with Crippen molar-refractivity contribution >= 4 is 17.6 Å². The first-order valence-electron chi connectivity index (χ1n) is 6.12. The predicted octanol–water partition coefficient (Wildman–Crippen LogP) is 1.21. The van der Waals surface area contributed by atoms with E-state index in [0.717, 1.165) is 5.56 Å². The molecule has 0 radical (unpaired) electrons. The van der Waals surface area contributed by atoms with Crippen molar-refractivity contribution in [2.24, 2.45) is 0 Å². The second-order valence-corrected chi connectivity index (χ2v) is 4.11. The number of esters is 1. The molecule has 0 bridgehead atoms. The molecule has 108 valence electrons. The molecular formula is C13H16N2O5. The van der Waals surface area contributed by atoms with Crippen LogP contribution in [0, 0.1) is 10.1 Å². The van der Waals surface area contributed by atoms with Crippen LogP contribution in [-0.4, -0.2) is 30.0 Å². The summed E-state index contributed by atoms with van der Waals surface area (Å²) in [6, 6.07) is 6.08. The highest BCUT2D eigenvalue weighted by atomic mass is 16.6. The summed E-state index contributed by atoms with van der Waals surface area (Å²) in [7, 11) is 0. The van der Waals surface area contributed by atoms with Crippen molar-refractivity contribution in [1.82, 2.24) is 5.32 Å². The summed E-state index contributed by atoms with van der Waals surface area (Å²) in [5, 5.41) is 13.1. The molecule has 0 aliphatic carbocycles. The maximum Gasteiger partial charge on any atom is 0.302 e. The zero-order chi connectivity index (χ0) is 15.0. The Bertz CT molecular complexity index is 484. The van der Waals surface area contributed by atoms with Crippen molar-refractivity contribution in [1.29, 1.82) is 0 Å². The van der Waals surface area contributed by atoms with E-state index in [1.807, 2.05) is 0 Å². The fourth-order valence-electron chi connectivity index (χ4n) is 1.52. The number of nitrogens with zero attached hydrogens (tertiary/aromatic N) is 1. The number of hydrogen-bond donors (Lipinski definition) is 1. The van der Waals surface area contributed by atoms with Gasteiger partial charge in [-0.25, -0.2) is 0 Å². The number of hydrogen-bond acceptors (Lipinski definition) is 5.